The first-order valence-electron chi connectivity index (χ1n) is 59.2. The molecule has 0 fully saturated rings. The maximum Gasteiger partial charge on any atom is 0.256 e. The van der Waals surface area contributed by atoms with Gasteiger partial charge in [0.1, 0.15) is 0 Å². The number of carbonyl (C=O) groups excluding carboxylic acids is 2. The number of benzene rings is 2. The molecule has 778 valence electrons. The van der Waals surface area contributed by atoms with Crippen LogP contribution >= 0.6 is 0 Å². The largest absolute Gasteiger partial charge is 0.490 e. The second-order valence-electron chi connectivity index (χ2n) is 41.0. The van der Waals surface area contributed by atoms with Gasteiger partial charge in [-0.25, -0.2) is 0 Å². The fourth-order valence-electron chi connectivity index (χ4n) is 19.1. The summed E-state index contributed by atoms with van der Waals surface area (Å²) in [5.41, 5.74) is 1.31. The molecule has 4 aromatic carbocycles. The third-order valence-electron chi connectivity index (χ3n) is 28.1. The topological polar surface area (TPSA) is 148 Å². The molecule has 0 spiro atoms. The molecule has 0 heterocycles. The van der Waals surface area contributed by atoms with Crippen LogP contribution in [0.3, 0.4) is 0 Å². The van der Waals surface area contributed by atoms with Crippen LogP contribution in [0.4, 0.5) is 11.4 Å². The standard InChI is InChI=1S/C124H212N2O10/c1-7-13-19-25-31-37-43-49-55-61-67-73-79-85-99-131-117-105-111(106-118(132-100-86-80-74-68-62-56-50-44-38-32-26-20-14-8-2)121(117)135-103-89-83-77-71-65-59-53-47-41-35-29-23-17-11-5)123(129)125-113-95-91-109(93-97-115(113)127)110-92-96-114(116(128)98-94-110)126-124(130)112-107-119(133-101-87-81-75-69-63-57-51-45-39-33-27-21-15-9-3)122(136-104-90-84-78-72-66-60-54-48-42-36-30-24-18-12-6)120(108-112)134-102-88-82-76-70-64-58-52-46-40-34-28-22-16-10-4/h91-98,105-108H,7-90,99-104H2,1-6H3,(H,125,127,129)(H,126,128,130). The molecule has 0 bridgehead atoms. The van der Waals surface area contributed by atoms with E-state index in [4.69, 9.17) is 28.4 Å². The van der Waals surface area contributed by atoms with Gasteiger partial charge in [-0.05, 0) is 98.2 Å². The Morgan fingerprint density at radius 1 is 0.184 bits per heavy atom. The first-order valence-corrected chi connectivity index (χ1v) is 59.2. The lowest BCUT2D eigenvalue weighted by atomic mass is 10.0. The van der Waals surface area contributed by atoms with Gasteiger partial charge in [-0.3, -0.25) is 19.2 Å². The van der Waals surface area contributed by atoms with Gasteiger partial charge in [-0.2, -0.15) is 0 Å². The first-order chi connectivity index (χ1) is 67.2. The minimum absolute atomic E-state index is 0.0963. The van der Waals surface area contributed by atoms with E-state index in [-0.39, 0.29) is 22.2 Å². The summed E-state index contributed by atoms with van der Waals surface area (Å²) in [6, 6.07) is 20.2. The van der Waals surface area contributed by atoms with Crippen molar-refractivity contribution in [1.29, 1.82) is 0 Å². The molecule has 0 atom stereocenters. The molecule has 12 nitrogen and oxygen atoms in total. The molecule has 0 radical (unpaired) electrons. The highest BCUT2D eigenvalue weighted by Gasteiger charge is 2.23. The zero-order valence-corrected chi connectivity index (χ0v) is 89.7. The number of nitrogens with one attached hydrogen (secondary N) is 2. The van der Waals surface area contributed by atoms with Crippen molar-refractivity contribution in [3.05, 3.63) is 104 Å². The molecule has 136 heavy (non-hydrogen) atoms. The third kappa shape index (κ3) is 66.6. The second kappa shape index (κ2) is 91.4. The van der Waals surface area contributed by atoms with E-state index >= 15 is 0 Å². The molecule has 0 aliphatic rings. The van der Waals surface area contributed by atoms with Crippen LogP contribution in [-0.2, 0) is 0 Å². The normalized spacial score (nSPS) is 11.4. The second-order valence-corrected chi connectivity index (χ2v) is 41.0. The Morgan fingerprint density at radius 2 is 0.324 bits per heavy atom. The minimum Gasteiger partial charge on any atom is -0.490 e. The molecular weight excluding hydrogens is 1680 g/mol. The van der Waals surface area contributed by atoms with Crippen molar-refractivity contribution in [2.75, 3.05) is 50.3 Å². The van der Waals surface area contributed by atoms with Crippen LogP contribution < -0.4 is 49.9 Å². The summed E-state index contributed by atoms with van der Waals surface area (Å²) in [5, 5.41) is 5.98. The lowest BCUT2D eigenvalue weighted by Crippen LogP contribution is -2.17. The third-order valence-corrected chi connectivity index (χ3v) is 28.1. The maximum atomic E-state index is 14.9. The molecule has 0 aromatic heterocycles. The molecule has 12 heteroatoms. The molecular formula is C124H212N2O10. The van der Waals surface area contributed by atoms with E-state index in [0.717, 1.165) is 103 Å². The predicted octanol–water partition coefficient (Wildman–Crippen LogP) is 39.7. The fraction of sp³-hybridized carbons (Fsp3) is 0.774. The van der Waals surface area contributed by atoms with E-state index < -0.39 is 11.8 Å². The predicted molar refractivity (Wildman–Crippen MR) is 588 cm³/mol. The highest BCUT2D eigenvalue weighted by atomic mass is 16.5. The van der Waals surface area contributed by atoms with Crippen molar-refractivity contribution in [3.63, 3.8) is 0 Å². The number of unbranched alkanes of at least 4 members (excludes halogenated alkanes) is 78. The average molecular weight is 1890 g/mol. The molecule has 4 aromatic rings. The number of anilines is 2. The van der Waals surface area contributed by atoms with Gasteiger partial charge < -0.3 is 39.1 Å². The summed E-state index contributed by atoms with van der Waals surface area (Å²) in [4.78, 5) is 58.2. The van der Waals surface area contributed by atoms with Crippen molar-refractivity contribution >= 4 is 23.2 Å². The summed E-state index contributed by atoms with van der Waals surface area (Å²) < 4.78 is 40.5. The zero-order chi connectivity index (χ0) is 97.0. The molecule has 0 aliphatic heterocycles. The van der Waals surface area contributed by atoms with E-state index in [1.54, 1.807) is 60.7 Å². The van der Waals surface area contributed by atoms with E-state index in [0.29, 0.717) is 96.4 Å². The van der Waals surface area contributed by atoms with Crippen LogP contribution in [0.5, 0.6) is 34.5 Å². The van der Waals surface area contributed by atoms with Crippen LogP contribution in [0.25, 0.3) is 11.1 Å². The first kappa shape index (κ1) is 122. The van der Waals surface area contributed by atoms with Crippen molar-refractivity contribution in [2.24, 2.45) is 0 Å². The van der Waals surface area contributed by atoms with Gasteiger partial charge in [0.05, 0.1) is 51.0 Å². The number of amides is 2. The smallest absolute Gasteiger partial charge is 0.256 e. The van der Waals surface area contributed by atoms with Crippen LogP contribution in [0, 0.1) is 0 Å². The van der Waals surface area contributed by atoms with Gasteiger partial charge >= 0.3 is 0 Å². The van der Waals surface area contributed by atoms with Crippen LogP contribution in [0.1, 0.15) is 602 Å². The van der Waals surface area contributed by atoms with Crippen LogP contribution in [-0.4, -0.2) is 51.5 Å². The van der Waals surface area contributed by atoms with Gasteiger partial charge in [0.25, 0.3) is 11.8 Å². The molecule has 2 N–H and O–H groups in total. The van der Waals surface area contributed by atoms with Gasteiger partial charge in [-0.15, -0.1) is 0 Å². The summed E-state index contributed by atoms with van der Waals surface area (Å²) in [7, 11) is 0. The zero-order valence-electron chi connectivity index (χ0n) is 89.7. The van der Waals surface area contributed by atoms with E-state index in [1.807, 2.05) is 0 Å². The Labute approximate surface area is 837 Å². The Balaban J connectivity index is 1.59. The maximum absolute atomic E-state index is 14.9. The lowest BCUT2D eigenvalue weighted by molar-refractivity contribution is 0.101. The quantitative estimate of drug-likeness (QED) is 0.0409. The molecule has 0 saturated heterocycles. The number of carbonyl (C=O) groups is 2. The van der Waals surface area contributed by atoms with Gasteiger partial charge in [0, 0.05) is 11.1 Å². The summed E-state index contributed by atoms with van der Waals surface area (Å²) in [5.74, 6) is 2.09. The van der Waals surface area contributed by atoms with Crippen molar-refractivity contribution in [1.82, 2.24) is 0 Å². The van der Waals surface area contributed by atoms with Crippen molar-refractivity contribution < 1.29 is 38.0 Å². The number of hydrogen-bond donors (Lipinski definition) is 2. The van der Waals surface area contributed by atoms with E-state index in [2.05, 4.69) is 52.2 Å². The summed E-state index contributed by atoms with van der Waals surface area (Å²) in [6.07, 6.45) is 107. The minimum atomic E-state index is -0.469. The highest BCUT2D eigenvalue weighted by Crippen LogP contribution is 2.42. The van der Waals surface area contributed by atoms with Crippen LogP contribution in [0.15, 0.2) is 82.4 Å². The molecule has 0 unspecified atom stereocenters. The molecule has 0 aliphatic carbocycles. The monoisotopic (exact) mass is 1890 g/mol. The lowest BCUT2D eigenvalue weighted by Gasteiger charge is -2.19. The Bertz CT molecular complexity index is 3200. The van der Waals surface area contributed by atoms with Gasteiger partial charge in [0.2, 0.25) is 22.4 Å². The number of ether oxygens (including phenoxy) is 6. The Hall–Kier alpha value is -6.04. The summed E-state index contributed by atoms with van der Waals surface area (Å²) in [6.45, 7) is 16.7. The van der Waals surface area contributed by atoms with Crippen molar-refractivity contribution in [2.45, 2.75) is 581 Å². The Kier molecular flexibility index (Phi) is 82.2. The van der Waals surface area contributed by atoms with Crippen molar-refractivity contribution in [3.8, 4) is 45.6 Å². The molecule has 2 amide bonds. The van der Waals surface area contributed by atoms with Crippen LogP contribution in [0.2, 0.25) is 0 Å². The fourth-order valence-corrected chi connectivity index (χ4v) is 19.1. The van der Waals surface area contributed by atoms with E-state index in [9.17, 15) is 19.2 Å². The average Bonchev–Trinajstić information content (AvgIpc) is 0.885. The van der Waals surface area contributed by atoms with Gasteiger partial charge in [0.15, 0.2) is 23.0 Å². The Morgan fingerprint density at radius 3 is 0.485 bits per heavy atom. The highest BCUT2D eigenvalue weighted by molar-refractivity contribution is 6.06. The SMILES string of the molecule is CCCCCCCCCCCCCCCCOc1cc(C(=O)Nc2ccc(-c3ccc(NC(=O)c4cc(OCCCCCCCCCCCCCCCC)c(OCCCCCCCCCCCCCCCC)c(OCCCCCCCCCCCCCCCC)c4)c(=O)cc3)ccc2=O)cc(OCCCCCCCCCCCCCCCC)c1OCCCCCCCCCCCCCCCC. The van der Waals surface area contributed by atoms with Gasteiger partial charge in [-0.1, -0.05) is 567 Å². The molecule has 0 saturated carbocycles. The molecule has 4 rings (SSSR count). The summed E-state index contributed by atoms with van der Waals surface area (Å²) >= 11 is 0. The van der Waals surface area contributed by atoms with E-state index in [1.165, 1.54) is 449 Å². The number of hydrogen-bond acceptors (Lipinski definition) is 10. The number of rotatable bonds is 101.